The van der Waals surface area contributed by atoms with E-state index in [-0.39, 0.29) is 0 Å². The highest BCUT2D eigenvalue weighted by molar-refractivity contribution is 4.84. The molecule has 1 aliphatic heterocycles. The zero-order chi connectivity index (χ0) is 13.5. The minimum absolute atomic E-state index is 0.530. The average molecular weight is 268 g/mol. The van der Waals surface area contributed by atoms with Gasteiger partial charge in [0, 0.05) is 25.7 Å². The van der Waals surface area contributed by atoms with Gasteiger partial charge in [0.15, 0.2) is 0 Å². The van der Waals surface area contributed by atoms with Crippen LogP contribution in [-0.4, -0.2) is 49.8 Å². The van der Waals surface area contributed by atoms with Gasteiger partial charge in [-0.1, -0.05) is 13.3 Å². The molecule has 3 nitrogen and oxygen atoms in total. The fourth-order valence-corrected chi connectivity index (χ4v) is 3.80. The molecule has 112 valence electrons. The molecule has 2 aliphatic rings. The number of hydrogen-bond donors (Lipinski definition) is 1. The normalized spacial score (nSPS) is 30.0. The summed E-state index contributed by atoms with van der Waals surface area (Å²) in [7, 11) is 0. The number of rotatable bonds is 7. The largest absolute Gasteiger partial charge is 0.378 e. The highest BCUT2D eigenvalue weighted by atomic mass is 16.5. The molecule has 2 unspecified atom stereocenters. The number of ether oxygens (including phenoxy) is 1. The van der Waals surface area contributed by atoms with E-state index in [9.17, 15) is 0 Å². The fourth-order valence-electron chi connectivity index (χ4n) is 3.80. The molecule has 3 heteroatoms. The summed E-state index contributed by atoms with van der Waals surface area (Å²) in [5.41, 5.74) is 0. The molecule has 0 aromatic carbocycles. The van der Waals surface area contributed by atoms with Gasteiger partial charge in [0.25, 0.3) is 0 Å². The lowest BCUT2D eigenvalue weighted by Gasteiger charge is -2.33. The Morgan fingerprint density at radius 1 is 1.11 bits per heavy atom. The van der Waals surface area contributed by atoms with Crippen molar-refractivity contribution < 1.29 is 4.74 Å². The lowest BCUT2D eigenvalue weighted by molar-refractivity contribution is 0.0131. The van der Waals surface area contributed by atoms with Gasteiger partial charge in [0.2, 0.25) is 0 Å². The molecule has 0 spiro atoms. The third-order valence-electron chi connectivity index (χ3n) is 4.88. The van der Waals surface area contributed by atoms with E-state index in [1.807, 2.05) is 0 Å². The van der Waals surface area contributed by atoms with Crippen LogP contribution in [0.5, 0.6) is 0 Å². The molecule has 2 fully saturated rings. The first-order chi connectivity index (χ1) is 9.33. The topological polar surface area (TPSA) is 24.5 Å². The second-order valence-corrected chi connectivity index (χ2v) is 6.14. The quantitative estimate of drug-likeness (QED) is 0.768. The van der Waals surface area contributed by atoms with E-state index in [0.29, 0.717) is 6.10 Å². The standard InChI is InChI=1S/C16H32N2O/c1-3-17-16-7-5-6-14(16)8-11-18-12-9-15(10-13-18)19-4-2/h14-17H,3-13H2,1-2H3. The van der Waals surface area contributed by atoms with E-state index < -0.39 is 0 Å². The molecule has 19 heavy (non-hydrogen) atoms. The SMILES string of the molecule is CCNC1CCCC1CCN1CCC(OCC)CC1. The molecule has 0 aromatic rings. The third kappa shape index (κ3) is 4.73. The Labute approximate surface area is 119 Å². The van der Waals surface area contributed by atoms with Crippen molar-refractivity contribution in [2.75, 3.05) is 32.8 Å². The van der Waals surface area contributed by atoms with Gasteiger partial charge in [-0.2, -0.15) is 0 Å². The summed E-state index contributed by atoms with van der Waals surface area (Å²) < 4.78 is 5.72. The molecule has 0 aromatic heterocycles. The van der Waals surface area contributed by atoms with Crippen LogP contribution in [0.15, 0.2) is 0 Å². The molecule has 0 bridgehead atoms. The zero-order valence-corrected chi connectivity index (χ0v) is 12.9. The van der Waals surface area contributed by atoms with Gasteiger partial charge in [0.05, 0.1) is 6.10 Å². The molecule has 1 saturated heterocycles. The lowest BCUT2D eigenvalue weighted by Crippen LogP contribution is -2.39. The number of piperidine rings is 1. The third-order valence-corrected chi connectivity index (χ3v) is 4.88. The number of nitrogens with zero attached hydrogens (tertiary/aromatic N) is 1. The zero-order valence-electron chi connectivity index (χ0n) is 12.9. The van der Waals surface area contributed by atoms with Crippen molar-refractivity contribution in [3.63, 3.8) is 0 Å². The first-order valence-electron chi connectivity index (χ1n) is 8.40. The fraction of sp³-hybridized carbons (Fsp3) is 1.00. The molecule has 1 N–H and O–H groups in total. The predicted octanol–water partition coefficient (Wildman–Crippen LogP) is 2.66. The molecular weight excluding hydrogens is 236 g/mol. The second kappa shape index (κ2) is 8.23. The Hall–Kier alpha value is -0.120. The van der Waals surface area contributed by atoms with Gasteiger partial charge in [-0.25, -0.2) is 0 Å². The van der Waals surface area contributed by atoms with Gasteiger partial charge < -0.3 is 15.0 Å². The minimum atomic E-state index is 0.530. The van der Waals surface area contributed by atoms with Crippen molar-refractivity contribution in [1.82, 2.24) is 10.2 Å². The minimum Gasteiger partial charge on any atom is -0.378 e. The van der Waals surface area contributed by atoms with Gasteiger partial charge in [0.1, 0.15) is 0 Å². The van der Waals surface area contributed by atoms with Crippen LogP contribution in [0.25, 0.3) is 0 Å². The van der Waals surface area contributed by atoms with Gasteiger partial charge in [-0.3, -0.25) is 0 Å². The highest BCUT2D eigenvalue weighted by Crippen LogP contribution is 2.29. The predicted molar refractivity (Wildman–Crippen MR) is 80.5 cm³/mol. The van der Waals surface area contributed by atoms with Crippen LogP contribution in [0.4, 0.5) is 0 Å². The Morgan fingerprint density at radius 3 is 2.58 bits per heavy atom. The molecule has 1 heterocycles. The van der Waals surface area contributed by atoms with Crippen LogP contribution < -0.4 is 5.32 Å². The smallest absolute Gasteiger partial charge is 0.0599 e. The Morgan fingerprint density at radius 2 is 1.89 bits per heavy atom. The highest BCUT2D eigenvalue weighted by Gasteiger charge is 2.27. The Kier molecular flexibility index (Phi) is 6.62. The number of nitrogens with one attached hydrogen (secondary N) is 1. The van der Waals surface area contributed by atoms with Gasteiger partial charge in [-0.15, -0.1) is 0 Å². The van der Waals surface area contributed by atoms with Crippen molar-refractivity contribution in [2.45, 2.75) is 64.5 Å². The molecule has 2 rings (SSSR count). The van der Waals surface area contributed by atoms with E-state index >= 15 is 0 Å². The first kappa shape index (κ1) is 15.3. The van der Waals surface area contributed by atoms with Crippen LogP contribution >= 0.6 is 0 Å². The van der Waals surface area contributed by atoms with Crippen LogP contribution in [0.2, 0.25) is 0 Å². The lowest BCUT2D eigenvalue weighted by atomic mass is 9.98. The maximum absolute atomic E-state index is 5.72. The summed E-state index contributed by atoms with van der Waals surface area (Å²) in [6.07, 6.45) is 8.64. The van der Waals surface area contributed by atoms with E-state index in [4.69, 9.17) is 4.74 Å². The van der Waals surface area contributed by atoms with Crippen molar-refractivity contribution >= 4 is 0 Å². The summed E-state index contributed by atoms with van der Waals surface area (Å²) in [6, 6.07) is 0.797. The maximum Gasteiger partial charge on any atom is 0.0599 e. The molecule has 0 radical (unpaired) electrons. The van der Waals surface area contributed by atoms with Crippen LogP contribution in [0.1, 0.15) is 52.4 Å². The van der Waals surface area contributed by atoms with Crippen molar-refractivity contribution in [3.05, 3.63) is 0 Å². The molecule has 1 saturated carbocycles. The number of hydrogen-bond acceptors (Lipinski definition) is 3. The molecule has 1 aliphatic carbocycles. The summed E-state index contributed by atoms with van der Waals surface area (Å²) in [5.74, 6) is 0.921. The Balaban J connectivity index is 1.63. The monoisotopic (exact) mass is 268 g/mol. The van der Waals surface area contributed by atoms with E-state index in [0.717, 1.165) is 25.1 Å². The summed E-state index contributed by atoms with van der Waals surface area (Å²) in [6.45, 7) is 10.1. The summed E-state index contributed by atoms with van der Waals surface area (Å²) in [5, 5.41) is 3.67. The van der Waals surface area contributed by atoms with Crippen LogP contribution in [0, 0.1) is 5.92 Å². The van der Waals surface area contributed by atoms with Crippen LogP contribution in [-0.2, 0) is 4.74 Å². The van der Waals surface area contributed by atoms with Gasteiger partial charge in [-0.05, 0) is 58.0 Å². The maximum atomic E-state index is 5.72. The first-order valence-corrected chi connectivity index (χ1v) is 8.40. The molecular formula is C16H32N2O. The van der Waals surface area contributed by atoms with Crippen LogP contribution in [0.3, 0.4) is 0 Å². The second-order valence-electron chi connectivity index (χ2n) is 6.14. The average Bonchev–Trinajstić information content (AvgIpc) is 2.86. The number of likely N-dealkylation sites (tertiary alicyclic amines) is 1. The Bertz CT molecular complexity index is 239. The van der Waals surface area contributed by atoms with E-state index in [1.54, 1.807) is 0 Å². The molecule has 2 atom stereocenters. The molecule has 0 amide bonds. The van der Waals surface area contributed by atoms with E-state index in [1.165, 1.54) is 58.2 Å². The van der Waals surface area contributed by atoms with Crippen molar-refractivity contribution in [2.24, 2.45) is 5.92 Å². The van der Waals surface area contributed by atoms with Crippen molar-refractivity contribution in [3.8, 4) is 0 Å². The van der Waals surface area contributed by atoms with Crippen molar-refractivity contribution in [1.29, 1.82) is 0 Å². The summed E-state index contributed by atoms with van der Waals surface area (Å²) in [4.78, 5) is 2.65. The summed E-state index contributed by atoms with van der Waals surface area (Å²) >= 11 is 0. The van der Waals surface area contributed by atoms with E-state index in [2.05, 4.69) is 24.1 Å². The van der Waals surface area contributed by atoms with Gasteiger partial charge >= 0.3 is 0 Å².